The number of piperazine rings is 1. The van der Waals surface area contributed by atoms with Gasteiger partial charge in [0.1, 0.15) is 5.82 Å². The zero-order valence-corrected chi connectivity index (χ0v) is 18.7. The molecule has 1 saturated heterocycles. The highest BCUT2D eigenvalue weighted by atomic mass is 19.1. The summed E-state index contributed by atoms with van der Waals surface area (Å²) >= 11 is 0. The maximum atomic E-state index is 14.7. The fourth-order valence-electron chi connectivity index (χ4n) is 4.04. The molecule has 1 atom stereocenters. The van der Waals surface area contributed by atoms with Crippen molar-refractivity contribution >= 4 is 11.9 Å². The minimum atomic E-state index is -0.595. The molecule has 33 heavy (non-hydrogen) atoms. The van der Waals surface area contributed by atoms with E-state index in [0.717, 1.165) is 31.9 Å². The lowest BCUT2D eigenvalue weighted by Crippen LogP contribution is -2.44. The van der Waals surface area contributed by atoms with E-state index in [9.17, 15) is 8.78 Å². The van der Waals surface area contributed by atoms with Crippen LogP contribution < -0.4 is 4.90 Å². The number of aromatic nitrogens is 1. The van der Waals surface area contributed by atoms with Crippen molar-refractivity contribution in [2.75, 3.05) is 45.2 Å². The van der Waals surface area contributed by atoms with Crippen molar-refractivity contribution in [3.63, 3.8) is 0 Å². The van der Waals surface area contributed by atoms with Crippen LogP contribution in [-0.2, 0) is 0 Å². The summed E-state index contributed by atoms with van der Waals surface area (Å²) in [5.74, 6) is -1.21. The average molecular weight is 452 g/mol. The molecule has 1 aromatic carbocycles. The van der Waals surface area contributed by atoms with E-state index in [1.165, 1.54) is 12.1 Å². The smallest absolute Gasteiger partial charge is 0.213 e. The number of nitrogens with zero attached hydrogens (tertiary/aromatic N) is 6. The minimum absolute atomic E-state index is 0.180. The quantitative estimate of drug-likeness (QED) is 0.518. The van der Waals surface area contributed by atoms with Crippen molar-refractivity contribution in [2.24, 2.45) is 16.0 Å². The van der Waals surface area contributed by atoms with E-state index in [0.29, 0.717) is 23.4 Å². The zero-order chi connectivity index (χ0) is 23.4. The summed E-state index contributed by atoms with van der Waals surface area (Å²) in [6.45, 7) is 3.87. The third-order valence-corrected chi connectivity index (χ3v) is 6.00. The number of hydrogen-bond acceptors (Lipinski definition) is 7. The minimum Gasteiger partial charge on any atom is -0.371 e. The summed E-state index contributed by atoms with van der Waals surface area (Å²) in [5, 5.41) is 3.73. The Morgan fingerprint density at radius 1 is 1.18 bits per heavy atom. The summed E-state index contributed by atoms with van der Waals surface area (Å²) in [6.07, 6.45) is 5.99. The third-order valence-electron chi connectivity index (χ3n) is 6.00. The lowest BCUT2D eigenvalue weighted by Gasteiger charge is -2.36. The Morgan fingerprint density at radius 3 is 2.70 bits per heavy atom. The molecule has 4 rings (SSSR count). The van der Waals surface area contributed by atoms with Crippen molar-refractivity contribution in [3.8, 4) is 11.3 Å². The maximum Gasteiger partial charge on any atom is 0.213 e. The molecule has 1 aromatic heterocycles. The number of halogens is 2. The van der Waals surface area contributed by atoms with Gasteiger partial charge in [0, 0.05) is 75.4 Å². The molecule has 1 N–H and O–H groups in total. The largest absolute Gasteiger partial charge is 0.371 e. The van der Waals surface area contributed by atoms with E-state index in [1.807, 2.05) is 6.20 Å². The van der Waals surface area contributed by atoms with Crippen LogP contribution in [0.3, 0.4) is 0 Å². The van der Waals surface area contributed by atoms with Gasteiger partial charge in [0.05, 0.1) is 17.1 Å². The van der Waals surface area contributed by atoms with Crippen molar-refractivity contribution in [2.45, 2.75) is 6.42 Å². The van der Waals surface area contributed by atoms with Gasteiger partial charge in [0.15, 0.2) is 0 Å². The topological polar surface area (TPSA) is 71.2 Å². The Kier molecular flexibility index (Phi) is 6.88. The zero-order valence-electron chi connectivity index (χ0n) is 18.7. The van der Waals surface area contributed by atoms with Crippen LogP contribution in [0.1, 0.15) is 6.42 Å². The summed E-state index contributed by atoms with van der Waals surface area (Å²) in [4.78, 5) is 14.5. The van der Waals surface area contributed by atoms with Gasteiger partial charge in [0.25, 0.3) is 0 Å². The molecule has 0 bridgehead atoms. The maximum absolute atomic E-state index is 14.7. The Bertz CT molecular complexity index is 1100. The fourth-order valence-corrected chi connectivity index (χ4v) is 4.04. The number of benzene rings is 1. The van der Waals surface area contributed by atoms with Crippen LogP contribution in [0.2, 0.25) is 0 Å². The van der Waals surface area contributed by atoms with E-state index in [4.69, 9.17) is 5.53 Å². The lowest BCUT2D eigenvalue weighted by molar-refractivity contribution is 0.180. The number of aliphatic imine (C=N–C) groups is 1. The van der Waals surface area contributed by atoms with Crippen LogP contribution in [0.15, 0.2) is 70.3 Å². The number of likely N-dealkylation sites (N-methyl/N-ethyl adjacent to an activating group) is 1. The Morgan fingerprint density at radius 2 is 1.97 bits per heavy atom. The van der Waals surface area contributed by atoms with E-state index in [-0.39, 0.29) is 11.6 Å². The molecule has 172 valence electrons. The average Bonchev–Trinajstić information content (AvgIpc) is 2.83. The number of allylic oxidation sites excluding steroid dienone is 2. The molecule has 2 aliphatic rings. The van der Waals surface area contributed by atoms with Gasteiger partial charge in [0.2, 0.25) is 5.95 Å². The first-order valence-corrected chi connectivity index (χ1v) is 10.8. The van der Waals surface area contributed by atoms with Gasteiger partial charge in [-0.15, -0.1) is 0 Å². The molecule has 0 aliphatic carbocycles. The molecule has 0 spiro atoms. The van der Waals surface area contributed by atoms with Crippen molar-refractivity contribution in [1.82, 2.24) is 14.8 Å². The Balaban J connectivity index is 1.54. The third kappa shape index (κ3) is 5.31. The molecule has 0 saturated carbocycles. The van der Waals surface area contributed by atoms with E-state index < -0.39 is 11.8 Å². The van der Waals surface area contributed by atoms with Crippen molar-refractivity contribution in [1.29, 1.82) is 5.53 Å². The van der Waals surface area contributed by atoms with Gasteiger partial charge in [-0.25, -0.2) is 14.9 Å². The van der Waals surface area contributed by atoms with Crippen molar-refractivity contribution < 1.29 is 8.78 Å². The van der Waals surface area contributed by atoms with E-state index in [1.54, 1.807) is 48.6 Å². The number of rotatable bonds is 6. The monoisotopic (exact) mass is 451 g/mol. The first-order valence-electron chi connectivity index (χ1n) is 10.8. The molecule has 1 fully saturated rings. The van der Waals surface area contributed by atoms with E-state index >= 15 is 0 Å². The van der Waals surface area contributed by atoms with Gasteiger partial charge in [-0.05, 0) is 37.4 Å². The van der Waals surface area contributed by atoms with Crippen LogP contribution in [0, 0.1) is 23.2 Å². The van der Waals surface area contributed by atoms with Crippen LogP contribution in [0.4, 0.5) is 14.5 Å². The molecule has 2 aliphatic heterocycles. The second-order valence-electron chi connectivity index (χ2n) is 8.31. The van der Waals surface area contributed by atoms with Crippen LogP contribution in [-0.4, -0.2) is 61.3 Å². The highest BCUT2D eigenvalue weighted by molar-refractivity contribution is 5.69. The molecule has 2 aromatic rings. The summed E-state index contributed by atoms with van der Waals surface area (Å²) in [7, 11) is 3.81. The van der Waals surface area contributed by atoms with Gasteiger partial charge in [-0.3, -0.25) is 4.99 Å². The number of anilines is 1. The van der Waals surface area contributed by atoms with Crippen molar-refractivity contribution in [3.05, 3.63) is 72.0 Å². The molecule has 7 nitrogen and oxygen atoms in total. The molecule has 1 unspecified atom stereocenters. The Labute approximate surface area is 192 Å². The molecular formula is C24H27F2N7. The molecular weight excluding hydrogens is 424 g/mol. The van der Waals surface area contributed by atoms with Gasteiger partial charge in [-0.1, -0.05) is 6.07 Å². The standard InChI is InChI=1S/C24H27F2N7/c1-31-8-10-33(11-9-31)19-12-18(14-28-15-19)22(30-27)16-32(2)23-13-17(6-7-20(23)25)21-4-3-5-24(26)29-21/h3-7,13-16,18,27H,8-12H2,1-2H3/b22-16-,30-27?. The first-order chi connectivity index (χ1) is 15.9. The van der Waals surface area contributed by atoms with Gasteiger partial charge in [-0.2, -0.15) is 9.50 Å². The van der Waals surface area contributed by atoms with Crippen LogP contribution in [0.5, 0.6) is 0 Å². The van der Waals surface area contributed by atoms with Gasteiger partial charge < -0.3 is 14.7 Å². The summed E-state index contributed by atoms with van der Waals surface area (Å²) in [5.41, 5.74) is 10.6. The predicted octanol–water partition coefficient (Wildman–Crippen LogP) is 4.51. The SMILES string of the molecule is CN1CCN(C2=CN=CC(/C(=C/N(C)c3cc(-c4cccc(F)n4)ccc3F)N=N)C2)CC1. The fraction of sp³-hybridized carbons (Fsp3) is 0.333. The normalized spacial score (nSPS) is 19.4. The highest BCUT2D eigenvalue weighted by Crippen LogP contribution is 2.30. The van der Waals surface area contributed by atoms with Crippen LogP contribution in [0.25, 0.3) is 11.3 Å². The molecule has 9 heteroatoms. The number of nitrogens with one attached hydrogen (secondary N) is 1. The second-order valence-corrected chi connectivity index (χ2v) is 8.31. The summed E-state index contributed by atoms with van der Waals surface area (Å²) in [6, 6.07) is 9.01. The van der Waals surface area contributed by atoms with Gasteiger partial charge >= 0.3 is 0 Å². The number of pyridine rings is 1. The van der Waals surface area contributed by atoms with Crippen LogP contribution >= 0.6 is 0 Å². The highest BCUT2D eigenvalue weighted by Gasteiger charge is 2.24. The van der Waals surface area contributed by atoms with E-state index in [2.05, 4.69) is 31.9 Å². The first kappa shape index (κ1) is 22.7. The summed E-state index contributed by atoms with van der Waals surface area (Å²) < 4.78 is 28.2. The molecule has 0 amide bonds. The molecule has 0 radical (unpaired) electrons. The Hall–Kier alpha value is -3.46. The lowest BCUT2D eigenvalue weighted by atomic mass is 9.98. The molecule has 3 heterocycles. The second kappa shape index (κ2) is 9.99. The number of hydrogen-bond donors (Lipinski definition) is 1. The predicted molar refractivity (Wildman–Crippen MR) is 125 cm³/mol.